The summed E-state index contributed by atoms with van der Waals surface area (Å²) in [6, 6.07) is 12.6. The van der Waals surface area contributed by atoms with Gasteiger partial charge in [0.05, 0.1) is 22.7 Å². The van der Waals surface area contributed by atoms with Crippen LogP contribution in [0.1, 0.15) is 5.56 Å². The van der Waals surface area contributed by atoms with Crippen LogP contribution in [0.4, 0.5) is 11.4 Å². The van der Waals surface area contributed by atoms with E-state index in [1.165, 1.54) is 6.07 Å². The highest BCUT2D eigenvalue weighted by Crippen LogP contribution is 2.28. The molecule has 132 valence electrons. The third kappa shape index (κ3) is 4.03. The fraction of sp³-hybridized carbons (Fsp3) is 0.333. The van der Waals surface area contributed by atoms with E-state index in [0.717, 1.165) is 42.5 Å². The Morgan fingerprint density at radius 2 is 1.88 bits per heavy atom. The largest absolute Gasteiger partial charge is 0.496 e. The fourth-order valence-electron chi connectivity index (χ4n) is 3.10. The molecule has 3 rings (SSSR count). The molecule has 1 aliphatic heterocycles. The molecule has 0 aliphatic carbocycles. The summed E-state index contributed by atoms with van der Waals surface area (Å²) in [4.78, 5) is 15.2. The first kappa shape index (κ1) is 17.5. The Hall–Kier alpha value is -2.31. The summed E-state index contributed by atoms with van der Waals surface area (Å²) in [6.07, 6.45) is 0. The maximum Gasteiger partial charge on any atom is 0.270 e. The lowest BCUT2D eigenvalue weighted by atomic mass is 10.1. The number of para-hydroxylation sites is 1. The van der Waals surface area contributed by atoms with Crippen molar-refractivity contribution in [1.82, 2.24) is 4.90 Å². The molecule has 1 heterocycles. The lowest BCUT2D eigenvalue weighted by molar-refractivity contribution is -0.385. The predicted octanol–water partition coefficient (Wildman–Crippen LogP) is 3.58. The van der Waals surface area contributed by atoms with E-state index in [-0.39, 0.29) is 10.6 Å². The Kier molecular flexibility index (Phi) is 5.40. The van der Waals surface area contributed by atoms with Gasteiger partial charge >= 0.3 is 0 Å². The van der Waals surface area contributed by atoms with Gasteiger partial charge in [0.2, 0.25) is 0 Å². The summed E-state index contributed by atoms with van der Waals surface area (Å²) >= 11 is 6.27. The molecule has 7 heteroatoms. The molecule has 25 heavy (non-hydrogen) atoms. The van der Waals surface area contributed by atoms with Crippen molar-refractivity contribution in [2.45, 2.75) is 6.54 Å². The van der Waals surface area contributed by atoms with Crippen molar-refractivity contribution in [2.75, 3.05) is 38.2 Å². The Bertz CT molecular complexity index is 761. The number of ether oxygens (including phenoxy) is 1. The number of halogens is 1. The topological polar surface area (TPSA) is 58.9 Å². The molecule has 2 aromatic carbocycles. The number of nitro groups is 1. The Morgan fingerprint density at radius 1 is 1.16 bits per heavy atom. The minimum Gasteiger partial charge on any atom is -0.496 e. The summed E-state index contributed by atoms with van der Waals surface area (Å²) in [5.74, 6) is 0.680. The Balaban J connectivity index is 1.67. The number of methoxy groups -OCH3 is 1. The third-order valence-electron chi connectivity index (χ3n) is 4.43. The zero-order chi connectivity index (χ0) is 17.8. The fourth-order valence-corrected chi connectivity index (χ4v) is 3.35. The molecule has 0 unspecified atom stereocenters. The highest BCUT2D eigenvalue weighted by atomic mass is 35.5. The highest BCUT2D eigenvalue weighted by Gasteiger charge is 2.21. The average molecular weight is 362 g/mol. The standard InChI is InChI=1S/C18H20ClN3O3/c1-25-18-7-6-15(22(23)24)12-14(18)13-20-8-10-21(11-9-20)17-5-3-2-4-16(17)19/h2-7,12H,8-11,13H2,1H3. The molecular formula is C18H20ClN3O3. The number of nitro benzene ring substituents is 1. The van der Waals surface area contributed by atoms with Gasteiger partial charge in [-0.05, 0) is 18.2 Å². The third-order valence-corrected chi connectivity index (χ3v) is 4.75. The minimum atomic E-state index is -0.377. The van der Waals surface area contributed by atoms with Gasteiger partial charge in [0.15, 0.2) is 0 Å². The van der Waals surface area contributed by atoms with E-state index in [1.807, 2.05) is 24.3 Å². The molecular weight excluding hydrogens is 342 g/mol. The van der Waals surface area contributed by atoms with Crippen LogP contribution in [-0.2, 0) is 6.54 Å². The Morgan fingerprint density at radius 3 is 2.52 bits per heavy atom. The molecule has 1 aliphatic rings. The molecule has 0 N–H and O–H groups in total. The number of piperazine rings is 1. The SMILES string of the molecule is COc1ccc([N+](=O)[O-])cc1CN1CCN(c2ccccc2Cl)CC1. The first-order valence-corrected chi connectivity index (χ1v) is 8.49. The number of hydrogen-bond acceptors (Lipinski definition) is 5. The number of nitrogens with zero attached hydrogens (tertiary/aromatic N) is 3. The van der Waals surface area contributed by atoms with Crippen molar-refractivity contribution in [1.29, 1.82) is 0 Å². The number of rotatable bonds is 5. The molecule has 0 bridgehead atoms. The van der Waals surface area contributed by atoms with Crippen LogP contribution in [-0.4, -0.2) is 43.1 Å². The maximum atomic E-state index is 11.0. The van der Waals surface area contributed by atoms with Gasteiger partial charge < -0.3 is 9.64 Å². The van der Waals surface area contributed by atoms with Crippen molar-refractivity contribution in [3.05, 3.63) is 63.2 Å². The highest BCUT2D eigenvalue weighted by molar-refractivity contribution is 6.33. The van der Waals surface area contributed by atoms with Crippen molar-refractivity contribution < 1.29 is 9.66 Å². The van der Waals surface area contributed by atoms with Crippen molar-refractivity contribution >= 4 is 23.0 Å². The van der Waals surface area contributed by atoms with Gasteiger partial charge in [-0.1, -0.05) is 23.7 Å². The van der Waals surface area contributed by atoms with E-state index in [1.54, 1.807) is 19.2 Å². The first-order valence-electron chi connectivity index (χ1n) is 8.11. The normalized spacial score (nSPS) is 15.2. The smallest absolute Gasteiger partial charge is 0.270 e. The van der Waals surface area contributed by atoms with Crippen LogP contribution in [0.25, 0.3) is 0 Å². The number of hydrogen-bond donors (Lipinski definition) is 0. The molecule has 0 spiro atoms. The molecule has 0 atom stereocenters. The van der Waals surface area contributed by atoms with E-state index in [4.69, 9.17) is 16.3 Å². The van der Waals surface area contributed by atoms with Crippen LogP contribution in [0.3, 0.4) is 0 Å². The van der Waals surface area contributed by atoms with E-state index in [9.17, 15) is 10.1 Å². The van der Waals surface area contributed by atoms with Gasteiger partial charge in [0.25, 0.3) is 5.69 Å². The predicted molar refractivity (Wildman–Crippen MR) is 98.6 cm³/mol. The number of benzene rings is 2. The van der Waals surface area contributed by atoms with E-state index in [0.29, 0.717) is 12.3 Å². The van der Waals surface area contributed by atoms with E-state index in [2.05, 4.69) is 9.80 Å². The average Bonchev–Trinajstić information content (AvgIpc) is 2.63. The van der Waals surface area contributed by atoms with Crippen LogP contribution < -0.4 is 9.64 Å². The van der Waals surface area contributed by atoms with Crippen LogP contribution >= 0.6 is 11.6 Å². The summed E-state index contributed by atoms with van der Waals surface area (Å²) in [5.41, 5.74) is 1.98. The van der Waals surface area contributed by atoms with Crippen molar-refractivity contribution in [2.24, 2.45) is 0 Å². The number of anilines is 1. The zero-order valence-corrected chi connectivity index (χ0v) is 14.8. The Labute approximate surface area is 151 Å². The van der Waals surface area contributed by atoms with Gasteiger partial charge in [-0.25, -0.2) is 0 Å². The molecule has 0 aromatic heterocycles. The summed E-state index contributed by atoms with van der Waals surface area (Å²) in [7, 11) is 1.58. The van der Waals surface area contributed by atoms with Gasteiger partial charge in [0.1, 0.15) is 5.75 Å². The van der Waals surface area contributed by atoms with Crippen LogP contribution in [0.2, 0.25) is 5.02 Å². The summed E-state index contributed by atoms with van der Waals surface area (Å²) < 4.78 is 5.35. The van der Waals surface area contributed by atoms with Gasteiger partial charge in [-0.2, -0.15) is 0 Å². The molecule has 0 amide bonds. The van der Waals surface area contributed by atoms with Crippen molar-refractivity contribution in [3.63, 3.8) is 0 Å². The second-order valence-corrected chi connectivity index (χ2v) is 6.38. The van der Waals surface area contributed by atoms with Crippen LogP contribution in [0, 0.1) is 10.1 Å². The zero-order valence-electron chi connectivity index (χ0n) is 14.0. The summed E-state index contributed by atoms with van der Waals surface area (Å²) in [6.45, 7) is 4.07. The first-order chi connectivity index (χ1) is 12.1. The summed E-state index contributed by atoms with van der Waals surface area (Å²) in [5, 5.41) is 11.8. The second kappa shape index (κ2) is 7.72. The number of non-ortho nitro benzene ring substituents is 1. The molecule has 1 fully saturated rings. The monoisotopic (exact) mass is 361 g/mol. The quantitative estimate of drug-likeness (QED) is 0.601. The van der Waals surface area contributed by atoms with Gasteiger partial charge in [-0.15, -0.1) is 0 Å². The van der Waals surface area contributed by atoms with Crippen molar-refractivity contribution in [3.8, 4) is 5.75 Å². The maximum absolute atomic E-state index is 11.0. The van der Waals surface area contributed by atoms with Gasteiger partial charge in [-0.3, -0.25) is 15.0 Å². The molecule has 0 radical (unpaired) electrons. The van der Waals surface area contributed by atoms with E-state index >= 15 is 0 Å². The lowest BCUT2D eigenvalue weighted by Gasteiger charge is -2.36. The van der Waals surface area contributed by atoms with Crippen LogP contribution in [0.15, 0.2) is 42.5 Å². The van der Waals surface area contributed by atoms with E-state index < -0.39 is 0 Å². The molecule has 2 aromatic rings. The second-order valence-electron chi connectivity index (χ2n) is 5.97. The molecule has 0 saturated carbocycles. The minimum absolute atomic E-state index is 0.0884. The van der Waals surface area contributed by atoms with Crippen LogP contribution in [0.5, 0.6) is 5.75 Å². The molecule has 1 saturated heterocycles. The van der Waals surface area contributed by atoms with Gasteiger partial charge in [0, 0.05) is 50.4 Å². The molecule has 6 nitrogen and oxygen atoms in total. The lowest BCUT2D eigenvalue weighted by Crippen LogP contribution is -2.46.